The minimum absolute atomic E-state index is 0.506. The lowest BCUT2D eigenvalue weighted by atomic mass is 10.1. The molecule has 19 heavy (non-hydrogen) atoms. The second kappa shape index (κ2) is 5.95. The lowest BCUT2D eigenvalue weighted by molar-refractivity contribution is -0.215. The van der Waals surface area contributed by atoms with Crippen LogP contribution in [0.2, 0.25) is 0 Å². The lowest BCUT2D eigenvalue weighted by Gasteiger charge is -2.24. The van der Waals surface area contributed by atoms with Crippen LogP contribution in [0.4, 0.5) is 0 Å². The summed E-state index contributed by atoms with van der Waals surface area (Å²) in [5, 5.41) is 56.1. The van der Waals surface area contributed by atoms with Gasteiger partial charge in [-0.25, -0.2) is 0 Å². The van der Waals surface area contributed by atoms with E-state index in [2.05, 4.69) is 0 Å². The first kappa shape index (κ1) is 15.0. The fraction of sp³-hybridized carbons (Fsp3) is 1.00. The van der Waals surface area contributed by atoms with E-state index in [1.165, 1.54) is 0 Å². The average Bonchev–Trinajstić information content (AvgIpc) is 2.83. The van der Waals surface area contributed by atoms with Crippen LogP contribution in [0.1, 0.15) is 0 Å². The molecule has 6 N–H and O–H groups in total. The van der Waals surface area contributed by atoms with E-state index < -0.39 is 62.4 Å². The zero-order valence-corrected chi connectivity index (χ0v) is 9.94. The van der Waals surface area contributed by atoms with E-state index in [0.29, 0.717) is 0 Å². The molecule has 9 nitrogen and oxygen atoms in total. The summed E-state index contributed by atoms with van der Waals surface area (Å²) in [6.07, 6.45) is -10.1. The van der Waals surface area contributed by atoms with E-state index in [0.717, 1.165) is 0 Å². The highest BCUT2D eigenvalue weighted by molar-refractivity contribution is 4.91. The Morgan fingerprint density at radius 2 is 1.42 bits per heavy atom. The highest BCUT2D eigenvalue weighted by Crippen LogP contribution is 2.28. The summed E-state index contributed by atoms with van der Waals surface area (Å²) in [4.78, 5) is 0. The van der Waals surface area contributed by atoms with Crippen LogP contribution in [-0.4, -0.2) is 93.1 Å². The van der Waals surface area contributed by atoms with E-state index in [1.807, 2.05) is 0 Å². The summed E-state index contributed by atoms with van der Waals surface area (Å²) in [6.45, 7) is -1.01. The lowest BCUT2D eigenvalue weighted by Crippen LogP contribution is -2.43. The Kier molecular flexibility index (Phi) is 4.71. The number of hydrogen-bond donors (Lipinski definition) is 6. The normalized spacial score (nSPS) is 50.8. The van der Waals surface area contributed by atoms with Gasteiger partial charge in [0.15, 0.2) is 12.6 Å². The van der Waals surface area contributed by atoms with Gasteiger partial charge in [0.2, 0.25) is 0 Å². The number of rotatable bonds is 4. The third-order valence-electron chi connectivity index (χ3n) is 3.28. The van der Waals surface area contributed by atoms with Crippen molar-refractivity contribution in [1.29, 1.82) is 0 Å². The minimum atomic E-state index is -1.51. The van der Waals surface area contributed by atoms with Crippen molar-refractivity contribution in [2.75, 3.05) is 13.2 Å². The van der Waals surface area contributed by atoms with Crippen LogP contribution in [0, 0.1) is 0 Å². The maximum atomic E-state index is 9.67. The van der Waals surface area contributed by atoms with Gasteiger partial charge in [0.05, 0.1) is 13.2 Å². The smallest absolute Gasteiger partial charge is 0.187 e. The molecule has 0 aromatic heterocycles. The van der Waals surface area contributed by atoms with Crippen LogP contribution in [0.15, 0.2) is 0 Å². The molecular weight excluding hydrogens is 264 g/mol. The van der Waals surface area contributed by atoms with Crippen LogP contribution < -0.4 is 0 Å². The van der Waals surface area contributed by atoms with Gasteiger partial charge in [-0.05, 0) is 0 Å². The van der Waals surface area contributed by atoms with E-state index in [4.69, 9.17) is 24.4 Å². The van der Waals surface area contributed by atoms with Crippen LogP contribution in [0.25, 0.3) is 0 Å². The summed E-state index contributed by atoms with van der Waals surface area (Å²) in [6, 6.07) is 0. The molecule has 0 amide bonds. The molecule has 2 heterocycles. The Labute approximate surface area is 108 Å². The molecule has 2 aliphatic rings. The molecule has 8 atom stereocenters. The van der Waals surface area contributed by atoms with Crippen molar-refractivity contribution >= 4 is 0 Å². The molecule has 0 saturated carbocycles. The number of aliphatic hydroxyl groups excluding tert-OH is 6. The quantitative estimate of drug-likeness (QED) is 0.302. The first-order valence-electron chi connectivity index (χ1n) is 5.90. The maximum Gasteiger partial charge on any atom is 0.187 e. The molecule has 2 rings (SSSR count). The van der Waals surface area contributed by atoms with Crippen molar-refractivity contribution in [3.8, 4) is 0 Å². The molecule has 2 saturated heterocycles. The third-order valence-corrected chi connectivity index (χ3v) is 3.28. The molecule has 0 aromatic carbocycles. The Morgan fingerprint density at radius 3 is 1.95 bits per heavy atom. The predicted octanol–water partition coefficient (Wildman–Crippen LogP) is -4.12. The number of ether oxygens (including phenoxy) is 3. The average molecular weight is 282 g/mol. The summed E-state index contributed by atoms with van der Waals surface area (Å²) < 4.78 is 15.1. The molecule has 0 aliphatic carbocycles. The van der Waals surface area contributed by atoms with E-state index in [9.17, 15) is 20.4 Å². The van der Waals surface area contributed by atoms with E-state index in [1.54, 1.807) is 0 Å². The van der Waals surface area contributed by atoms with Crippen molar-refractivity contribution in [2.45, 2.75) is 49.2 Å². The molecular formula is C10H18O9. The van der Waals surface area contributed by atoms with Gasteiger partial charge in [0, 0.05) is 0 Å². The van der Waals surface area contributed by atoms with Gasteiger partial charge in [-0.15, -0.1) is 0 Å². The van der Waals surface area contributed by atoms with Gasteiger partial charge in [-0.3, -0.25) is 0 Å². The second-order valence-corrected chi connectivity index (χ2v) is 4.55. The van der Waals surface area contributed by atoms with Crippen molar-refractivity contribution in [1.82, 2.24) is 0 Å². The fourth-order valence-corrected chi connectivity index (χ4v) is 2.17. The fourth-order valence-electron chi connectivity index (χ4n) is 2.17. The Bertz CT molecular complexity index is 301. The van der Waals surface area contributed by atoms with Crippen molar-refractivity contribution in [3.63, 3.8) is 0 Å². The van der Waals surface area contributed by atoms with Gasteiger partial charge in [-0.2, -0.15) is 0 Å². The molecule has 9 heteroatoms. The third kappa shape index (κ3) is 2.75. The van der Waals surface area contributed by atoms with Gasteiger partial charge >= 0.3 is 0 Å². The molecule has 2 aliphatic heterocycles. The zero-order chi connectivity index (χ0) is 14.2. The Hall–Kier alpha value is -0.360. The van der Waals surface area contributed by atoms with Gasteiger partial charge < -0.3 is 44.8 Å². The SMILES string of the molecule is OC[C@H]1O[C@H](O[C@H]2[C@H](O)[C@@H](O)O[C@@H]2CO)[C@@H](O)[C@@H]1O. The molecule has 0 radical (unpaired) electrons. The largest absolute Gasteiger partial charge is 0.394 e. The van der Waals surface area contributed by atoms with Gasteiger partial charge in [-0.1, -0.05) is 0 Å². The maximum absolute atomic E-state index is 9.67. The topological polar surface area (TPSA) is 149 Å². The molecule has 0 unspecified atom stereocenters. The van der Waals surface area contributed by atoms with E-state index in [-0.39, 0.29) is 0 Å². The molecule has 0 bridgehead atoms. The van der Waals surface area contributed by atoms with Crippen LogP contribution >= 0.6 is 0 Å². The highest BCUT2D eigenvalue weighted by Gasteiger charge is 2.49. The Morgan fingerprint density at radius 1 is 0.789 bits per heavy atom. The van der Waals surface area contributed by atoms with Crippen molar-refractivity contribution < 1.29 is 44.8 Å². The summed E-state index contributed by atoms with van der Waals surface area (Å²) in [7, 11) is 0. The van der Waals surface area contributed by atoms with Gasteiger partial charge in [0.25, 0.3) is 0 Å². The summed E-state index contributed by atoms with van der Waals surface area (Å²) in [5.41, 5.74) is 0. The van der Waals surface area contributed by atoms with Crippen LogP contribution in [0.5, 0.6) is 0 Å². The summed E-state index contributed by atoms with van der Waals surface area (Å²) >= 11 is 0. The monoisotopic (exact) mass is 282 g/mol. The number of hydrogen-bond acceptors (Lipinski definition) is 9. The molecule has 2 fully saturated rings. The minimum Gasteiger partial charge on any atom is -0.394 e. The van der Waals surface area contributed by atoms with Crippen LogP contribution in [-0.2, 0) is 14.2 Å². The summed E-state index contributed by atoms with van der Waals surface area (Å²) in [5.74, 6) is 0. The number of aliphatic hydroxyl groups is 6. The van der Waals surface area contributed by atoms with E-state index >= 15 is 0 Å². The standard InChI is InChI=1S/C10H18O9/c11-1-3-5(13)6(14)10(18-3)19-8-4(2-12)17-9(16)7(8)15/h3-16H,1-2H2/t3-,4-,5-,6+,7+,8-,9+,10-/m1/s1. The first-order chi connectivity index (χ1) is 8.99. The van der Waals surface area contributed by atoms with Gasteiger partial charge in [0.1, 0.15) is 36.6 Å². The highest BCUT2D eigenvalue weighted by atomic mass is 16.7. The van der Waals surface area contributed by atoms with Crippen molar-refractivity contribution in [2.24, 2.45) is 0 Å². The van der Waals surface area contributed by atoms with Crippen molar-refractivity contribution in [3.05, 3.63) is 0 Å². The molecule has 0 spiro atoms. The van der Waals surface area contributed by atoms with Crippen LogP contribution in [0.3, 0.4) is 0 Å². The zero-order valence-electron chi connectivity index (χ0n) is 9.94. The predicted molar refractivity (Wildman–Crippen MR) is 56.6 cm³/mol. The first-order valence-corrected chi connectivity index (χ1v) is 5.90. The second-order valence-electron chi connectivity index (χ2n) is 4.55. The molecule has 0 aromatic rings. The molecule has 112 valence electrons. The Balaban J connectivity index is 2.00.